The topological polar surface area (TPSA) is 80.4 Å². The van der Waals surface area contributed by atoms with Crippen molar-refractivity contribution in [1.82, 2.24) is 0 Å². The third kappa shape index (κ3) is 3.69. The van der Waals surface area contributed by atoms with Gasteiger partial charge in [-0.15, -0.1) is 0 Å². The van der Waals surface area contributed by atoms with Gasteiger partial charge in [0.05, 0.1) is 17.1 Å². The van der Waals surface area contributed by atoms with Gasteiger partial charge in [0.2, 0.25) is 0 Å². The van der Waals surface area contributed by atoms with Crippen LogP contribution in [0, 0.1) is 0 Å². The van der Waals surface area contributed by atoms with E-state index in [9.17, 15) is 8.42 Å². The van der Waals surface area contributed by atoms with Crippen molar-refractivity contribution >= 4 is 9.84 Å². The molecule has 0 amide bonds. The molecular formula is C6H15NO3S. The number of aliphatic hydroxyl groups excluding tert-OH is 1. The largest absolute Gasteiger partial charge is 0.392 e. The molecule has 4 nitrogen and oxygen atoms in total. The van der Waals surface area contributed by atoms with Crippen molar-refractivity contribution in [3.63, 3.8) is 0 Å². The molecule has 0 aliphatic heterocycles. The second-order valence-corrected chi connectivity index (χ2v) is 5.19. The molecule has 0 aliphatic carbocycles. The van der Waals surface area contributed by atoms with Crippen molar-refractivity contribution < 1.29 is 13.5 Å². The van der Waals surface area contributed by atoms with Gasteiger partial charge in [-0.1, -0.05) is 0 Å². The van der Waals surface area contributed by atoms with Crippen LogP contribution in [0.3, 0.4) is 0 Å². The van der Waals surface area contributed by atoms with E-state index in [0.717, 1.165) is 0 Å². The zero-order valence-corrected chi connectivity index (χ0v) is 7.63. The first kappa shape index (κ1) is 10.9. The molecule has 0 radical (unpaired) electrons. The first-order valence-electron chi connectivity index (χ1n) is 3.50. The van der Waals surface area contributed by atoms with E-state index in [-0.39, 0.29) is 12.3 Å². The number of nitrogens with two attached hydrogens (primary N) is 1. The van der Waals surface area contributed by atoms with E-state index in [2.05, 4.69) is 0 Å². The average Bonchev–Trinajstić information content (AvgIpc) is 1.83. The summed E-state index contributed by atoms with van der Waals surface area (Å²) in [7, 11) is -3.18. The lowest BCUT2D eigenvalue weighted by atomic mass is 10.5. The van der Waals surface area contributed by atoms with Crippen molar-refractivity contribution in [2.24, 2.45) is 5.73 Å². The first-order chi connectivity index (χ1) is 4.90. The third-order valence-electron chi connectivity index (χ3n) is 1.42. The fraction of sp³-hybridized carbons (Fsp3) is 1.00. The zero-order valence-electron chi connectivity index (χ0n) is 6.82. The van der Waals surface area contributed by atoms with Crippen LogP contribution in [0.5, 0.6) is 0 Å². The van der Waals surface area contributed by atoms with Crippen LogP contribution in [0.15, 0.2) is 0 Å². The zero-order chi connectivity index (χ0) is 9.07. The molecule has 3 N–H and O–H groups in total. The molecule has 0 bridgehead atoms. The van der Waals surface area contributed by atoms with Gasteiger partial charge in [0.1, 0.15) is 0 Å². The lowest BCUT2D eigenvalue weighted by Crippen LogP contribution is -2.32. The molecule has 11 heavy (non-hydrogen) atoms. The minimum absolute atomic E-state index is 0.106. The SMILES string of the molecule is CC(O)CS(=O)(=O)C(C)CN. The highest BCUT2D eigenvalue weighted by Gasteiger charge is 2.20. The average molecular weight is 181 g/mol. The molecule has 0 saturated carbocycles. The van der Waals surface area contributed by atoms with E-state index in [0.29, 0.717) is 0 Å². The highest BCUT2D eigenvalue weighted by molar-refractivity contribution is 7.92. The summed E-state index contributed by atoms with van der Waals surface area (Å²) in [6.07, 6.45) is -0.811. The lowest BCUT2D eigenvalue weighted by Gasteiger charge is -2.11. The Balaban J connectivity index is 4.23. The minimum atomic E-state index is -3.18. The van der Waals surface area contributed by atoms with E-state index in [1.807, 2.05) is 0 Å². The maximum absolute atomic E-state index is 11.1. The van der Waals surface area contributed by atoms with Crippen molar-refractivity contribution in [2.45, 2.75) is 25.2 Å². The molecule has 0 aliphatic rings. The van der Waals surface area contributed by atoms with E-state index in [1.54, 1.807) is 0 Å². The maximum Gasteiger partial charge on any atom is 0.156 e. The molecule has 5 heteroatoms. The van der Waals surface area contributed by atoms with Gasteiger partial charge in [0.15, 0.2) is 9.84 Å². The Morgan fingerprint density at radius 3 is 2.18 bits per heavy atom. The van der Waals surface area contributed by atoms with E-state index < -0.39 is 21.2 Å². The lowest BCUT2D eigenvalue weighted by molar-refractivity contribution is 0.218. The molecule has 2 atom stereocenters. The summed E-state index contributed by atoms with van der Waals surface area (Å²) in [5, 5.41) is 8.25. The smallest absolute Gasteiger partial charge is 0.156 e. The molecule has 0 rings (SSSR count). The molecule has 0 fully saturated rings. The van der Waals surface area contributed by atoms with E-state index >= 15 is 0 Å². The van der Waals surface area contributed by atoms with Gasteiger partial charge in [-0.2, -0.15) is 0 Å². The van der Waals surface area contributed by atoms with Crippen LogP contribution in [-0.2, 0) is 9.84 Å². The van der Waals surface area contributed by atoms with Gasteiger partial charge in [0, 0.05) is 6.54 Å². The molecule has 68 valence electrons. The molecule has 0 saturated heterocycles. The Morgan fingerprint density at radius 2 is 1.91 bits per heavy atom. The Bertz CT molecular complexity index is 198. The number of sulfone groups is 1. The number of rotatable bonds is 4. The number of aliphatic hydroxyl groups is 1. The first-order valence-corrected chi connectivity index (χ1v) is 5.21. The van der Waals surface area contributed by atoms with E-state index in [1.165, 1.54) is 13.8 Å². The van der Waals surface area contributed by atoms with Gasteiger partial charge in [-0.25, -0.2) is 8.42 Å². The second kappa shape index (κ2) is 4.04. The number of hydrogen-bond donors (Lipinski definition) is 2. The molecule has 0 aromatic rings. The van der Waals surface area contributed by atoms with Crippen molar-refractivity contribution in [3.05, 3.63) is 0 Å². The minimum Gasteiger partial charge on any atom is -0.392 e. The van der Waals surface area contributed by atoms with Crippen LogP contribution in [0.4, 0.5) is 0 Å². The van der Waals surface area contributed by atoms with Crippen molar-refractivity contribution in [3.8, 4) is 0 Å². The summed E-state index contributed by atoms with van der Waals surface area (Å²) in [6.45, 7) is 3.09. The molecule has 0 aromatic carbocycles. The molecular weight excluding hydrogens is 166 g/mol. The third-order valence-corrected chi connectivity index (χ3v) is 3.78. The van der Waals surface area contributed by atoms with Gasteiger partial charge in [0.25, 0.3) is 0 Å². The summed E-state index contributed by atoms with van der Waals surface area (Å²) < 4.78 is 22.3. The predicted octanol–water partition coefficient (Wildman–Crippen LogP) is -0.871. The molecule has 2 unspecified atom stereocenters. The highest BCUT2D eigenvalue weighted by Crippen LogP contribution is 2.01. The van der Waals surface area contributed by atoms with Gasteiger partial charge < -0.3 is 10.8 Å². The highest BCUT2D eigenvalue weighted by atomic mass is 32.2. The van der Waals surface area contributed by atoms with Gasteiger partial charge >= 0.3 is 0 Å². The fourth-order valence-electron chi connectivity index (χ4n) is 0.647. The summed E-state index contributed by atoms with van der Waals surface area (Å²) in [5.74, 6) is -0.203. The van der Waals surface area contributed by atoms with Crippen LogP contribution in [0.25, 0.3) is 0 Å². The summed E-state index contributed by atoms with van der Waals surface area (Å²) in [6, 6.07) is 0. The van der Waals surface area contributed by atoms with Crippen molar-refractivity contribution in [2.75, 3.05) is 12.3 Å². The number of hydrogen-bond acceptors (Lipinski definition) is 4. The Morgan fingerprint density at radius 1 is 1.45 bits per heavy atom. The normalized spacial score (nSPS) is 17.8. The standard InChI is InChI=1S/C6H15NO3S/c1-5(8)4-11(9,10)6(2)3-7/h5-6,8H,3-4,7H2,1-2H3. The second-order valence-electron chi connectivity index (χ2n) is 2.72. The van der Waals surface area contributed by atoms with Gasteiger partial charge in [-0.05, 0) is 13.8 Å². The molecule has 0 aromatic heterocycles. The predicted molar refractivity (Wildman–Crippen MR) is 44.0 cm³/mol. The Kier molecular flexibility index (Phi) is 3.99. The quantitative estimate of drug-likeness (QED) is 0.590. The van der Waals surface area contributed by atoms with Crippen LogP contribution < -0.4 is 5.73 Å². The molecule has 0 heterocycles. The Labute approximate surface area is 67.3 Å². The van der Waals surface area contributed by atoms with Crippen LogP contribution >= 0.6 is 0 Å². The fourth-order valence-corrected chi connectivity index (χ4v) is 1.94. The summed E-state index contributed by atoms with van der Waals surface area (Å²) in [5.41, 5.74) is 5.17. The monoisotopic (exact) mass is 181 g/mol. The maximum atomic E-state index is 11.1. The molecule has 0 spiro atoms. The summed E-state index contributed by atoms with van der Waals surface area (Å²) in [4.78, 5) is 0. The van der Waals surface area contributed by atoms with Crippen molar-refractivity contribution in [1.29, 1.82) is 0 Å². The van der Waals surface area contributed by atoms with E-state index in [4.69, 9.17) is 10.8 Å². The Hall–Kier alpha value is -0.130. The van der Waals surface area contributed by atoms with Gasteiger partial charge in [-0.3, -0.25) is 0 Å². The van der Waals surface area contributed by atoms with Crippen LogP contribution in [-0.4, -0.2) is 37.2 Å². The summed E-state index contributed by atoms with van der Waals surface area (Å²) >= 11 is 0. The van der Waals surface area contributed by atoms with Crippen LogP contribution in [0.2, 0.25) is 0 Å². The van der Waals surface area contributed by atoms with Crippen LogP contribution in [0.1, 0.15) is 13.8 Å².